The first-order valence-electron chi connectivity index (χ1n) is 8.40. The van der Waals surface area contributed by atoms with Crippen LogP contribution in [0.1, 0.15) is 39.5 Å². The van der Waals surface area contributed by atoms with E-state index in [1.807, 2.05) is 0 Å². The second-order valence-electron chi connectivity index (χ2n) is 6.46. The zero-order valence-corrected chi connectivity index (χ0v) is 13.2. The van der Waals surface area contributed by atoms with E-state index in [4.69, 9.17) is 5.73 Å². The smallest absolute Gasteiger partial charge is 0.226 e. The van der Waals surface area contributed by atoms with Gasteiger partial charge in [0.1, 0.15) is 0 Å². The van der Waals surface area contributed by atoms with Crippen molar-refractivity contribution >= 4 is 5.91 Å². The molecule has 1 unspecified atom stereocenters. The summed E-state index contributed by atoms with van der Waals surface area (Å²) in [5.74, 6) is 1.70. The molecule has 3 atom stereocenters. The number of nitrogens with two attached hydrogens (primary N) is 1. The molecule has 1 aliphatic carbocycles. The van der Waals surface area contributed by atoms with Gasteiger partial charge in [0.25, 0.3) is 0 Å². The molecule has 0 aromatic heterocycles. The lowest BCUT2D eigenvalue weighted by atomic mass is 9.95. The molecular formula is C16H31N3O. The van der Waals surface area contributed by atoms with Crippen LogP contribution in [0.4, 0.5) is 0 Å². The maximum absolute atomic E-state index is 12.6. The van der Waals surface area contributed by atoms with Crippen LogP contribution in [0, 0.1) is 17.8 Å². The van der Waals surface area contributed by atoms with Crippen LogP contribution in [0.5, 0.6) is 0 Å². The molecule has 2 aliphatic rings. The normalized spacial score (nSPS) is 30.4. The number of rotatable bonds is 6. The Labute approximate surface area is 123 Å². The van der Waals surface area contributed by atoms with Crippen LogP contribution in [0.2, 0.25) is 0 Å². The van der Waals surface area contributed by atoms with Crippen LogP contribution >= 0.6 is 0 Å². The molecule has 1 aliphatic heterocycles. The summed E-state index contributed by atoms with van der Waals surface area (Å²) in [6.07, 6.45) is 4.54. The molecule has 0 bridgehead atoms. The van der Waals surface area contributed by atoms with Gasteiger partial charge in [0.15, 0.2) is 0 Å². The summed E-state index contributed by atoms with van der Waals surface area (Å²) >= 11 is 0. The summed E-state index contributed by atoms with van der Waals surface area (Å²) in [6, 6.07) is 0. The minimum Gasteiger partial charge on any atom is -0.342 e. The van der Waals surface area contributed by atoms with Gasteiger partial charge in [-0.1, -0.05) is 20.3 Å². The van der Waals surface area contributed by atoms with Gasteiger partial charge in [0.2, 0.25) is 5.91 Å². The summed E-state index contributed by atoms with van der Waals surface area (Å²) in [6.45, 7) is 10.4. The molecule has 2 fully saturated rings. The number of likely N-dealkylation sites (tertiary alicyclic amines) is 1. The summed E-state index contributed by atoms with van der Waals surface area (Å²) < 4.78 is 0. The Balaban J connectivity index is 1.84. The number of hydrogen-bond acceptors (Lipinski definition) is 3. The zero-order chi connectivity index (χ0) is 14.5. The fraction of sp³-hybridized carbons (Fsp3) is 0.938. The van der Waals surface area contributed by atoms with E-state index < -0.39 is 0 Å². The van der Waals surface area contributed by atoms with Gasteiger partial charge < -0.3 is 15.5 Å². The van der Waals surface area contributed by atoms with E-state index in [2.05, 4.69) is 23.6 Å². The summed E-state index contributed by atoms with van der Waals surface area (Å²) in [7, 11) is 0. The Morgan fingerprint density at radius 1 is 1.25 bits per heavy atom. The van der Waals surface area contributed by atoms with Crippen LogP contribution in [-0.4, -0.2) is 55.0 Å². The minimum atomic E-state index is 0.215. The molecule has 0 aromatic carbocycles. The molecule has 2 rings (SSSR count). The van der Waals surface area contributed by atoms with Crippen molar-refractivity contribution in [1.82, 2.24) is 9.80 Å². The molecule has 1 amide bonds. The van der Waals surface area contributed by atoms with Gasteiger partial charge >= 0.3 is 0 Å². The molecule has 0 aromatic rings. The first kappa shape index (κ1) is 15.8. The summed E-state index contributed by atoms with van der Waals surface area (Å²) in [5.41, 5.74) is 5.81. The number of hydrogen-bond donors (Lipinski definition) is 1. The van der Waals surface area contributed by atoms with Crippen LogP contribution in [0.3, 0.4) is 0 Å². The molecule has 2 N–H and O–H groups in total. The largest absolute Gasteiger partial charge is 0.342 e. The maximum atomic E-state index is 12.6. The first-order valence-corrected chi connectivity index (χ1v) is 8.40. The van der Waals surface area contributed by atoms with Crippen LogP contribution in [0.25, 0.3) is 0 Å². The molecule has 20 heavy (non-hydrogen) atoms. The fourth-order valence-electron chi connectivity index (χ4n) is 3.91. The van der Waals surface area contributed by atoms with Gasteiger partial charge in [-0.05, 0) is 50.7 Å². The molecule has 0 spiro atoms. The number of carbonyl (C=O) groups excluding carboxylic acids is 1. The van der Waals surface area contributed by atoms with E-state index in [9.17, 15) is 4.79 Å². The predicted octanol–water partition coefficient (Wildman–Crippen LogP) is 1.55. The minimum absolute atomic E-state index is 0.215. The number of nitrogens with zero attached hydrogens (tertiary/aromatic N) is 2. The molecule has 4 heteroatoms. The van der Waals surface area contributed by atoms with Crippen LogP contribution in [-0.2, 0) is 4.79 Å². The van der Waals surface area contributed by atoms with Crippen molar-refractivity contribution in [2.24, 2.45) is 23.5 Å². The van der Waals surface area contributed by atoms with Gasteiger partial charge in [-0.2, -0.15) is 0 Å². The second kappa shape index (κ2) is 7.41. The maximum Gasteiger partial charge on any atom is 0.226 e. The number of carbonyl (C=O) groups is 1. The van der Waals surface area contributed by atoms with E-state index in [0.29, 0.717) is 24.3 Å². The van der Waals surface area contributed by atoms with E-state index >= 15 is 0 Å². The fourth-order valence-corrected chi connectivity index (χ4v) is 3.91. The molecule has 0 radical (unpaired) electrons. The molecule has 1 heterocycles. The zero-order valence-electron chi connectivity index (χ0n) is 13.2. The van der Waals surface area contributed by atoms with Gasteiger partial charge in [-0.25, -0.2) is 0 Å². The highest BCUT2D eigenvalue weighted by molar-refractivity contribution is 5.79. The van der Waals surface area contributed by atoms with Gasteiger partial charge in [-0.15, -0.1) is 0 Å². The van der Waals surface area contributed by atoms with E-state index in [1.165, 1.54) is 12.8 Å². The third-order valence-electron chi connectivity index (χ3n) is 5.29. The van der Waals surface area contributed by atoms with E-state index in [0.717, 1.165) is 45.6 Å². The van der Waals surface area contributed by atoms with Crippen molar-refractivity contribution in [2.45, 2.75) is 39.5 Å². The van der Waals surface area contributed by atoms with E-state index in [-0.39, 0.29) is 5.92 Å². The van der Waals surface area contributed by atoms with Crippen molar-refractivity contribution in [3.63, 3.8) is 0 Å². The van der Waals surface area contributed by atoms with Gasteiger partial charge in [0.05, 0.1) is 0 Å². The van der Waals surface area contributed by atoms with Crippen LogP contribution in [0.15, 0.2) is 0 Å². The van der Waals surface area contributed by atoms with Crippen LogP contribution < -0.4 is 5.73 Å². The molecule has 4 nitrogen and oxygen atoms in total. The van der Waals surface area contributed by atoms with Crippen molar-refractivity contribution in [1.29, 1.82) is 0 Å². The summed E-state index contributed by atoms with van der Waals surface area (Å²) in [5, 5.41) is 0. The topological polar surface area (TPSA) is 49.6 Å². The lowest BCUT2D eigenvalue weighted by Crippen LogP contribution is -2.38. The second-order valence-corrected chi connectivity index (χ2v) is 6.46. The third-order valence-corrected chi connectivity index (χ3v) is 5.29. The van der Waals surface area contributed by atoms with Gasteiger partial charge in [-0.3, -0.25) is 4.79 Å². The number of amides is 1. The van der Waals surface area contributed by atoms with Crippen molar-refractivity contribution in [3.05, 3.63) is 0 Å². The Bertz CT molecular complexity index is 317. The third kappa shape index (κ3) is 3.53. The van der Waals surface area contributed by atoms with E-state index in [1.54, 1.807) is 0 Å². The molecule has 116 valence electrons. The highest BCUT2D eigenvalue weighted by Crippen LogP contribution is 2.33. The molecule has 1 saturated carbocycles. The average molecular weight is 281 g/mol. The van der Waals surface area contributed by atoms with Crippen molar-refractivity contribution < 1.29 is 4.79 Å². The average Bonchev–Trinajstić information content (AvgIpc) is 3.12. The Morgan fingerprint density at radius 3 is 2.65 bits per heavy atom. The lowest BCUT2D eigenvalue weighted by Gasteiger charge is -2.25. The highest BCUT2D eigenvalue weighted by Gasteiger charge is 2.37. The highest BCUT2D eigenvalue weighted by atomic mass is 16.2. The predicted molar refractivity (Wildman–Crippen MR) is 82.4 cm³/mol. The van der Waals surface area contributed by atoms with Crippen molar-refractivity contribution in [3.8, 4) is 0 Å². The van der Waals surface area contributed by atoms with Gasteiger partial charge in [0, 0.05) is 25.6 Å². The Hall–Kier alpha value is -0.610. The lowest BCUT2D eigenvalue weighted by molar-refractivity contribution is -0.135. The Kier molecular flexibility index (Phi) is 5.85. The molecular weight excluding hydrogens is 250 g/mol. The first-order chi connectivity index (χ1) is 9.69. The Morgan fingerprint density at radius 2 is 2.00 bits per heavy atom. The summed E-state index contributed by atoms with van der Waals surface area (Å²) in [4.78, 5) is 17.2. The monoisotopic (exact) mass is 281 g/mol. The van der Waals surface area contributed by atoms with Crippen molar-refractivity contribution in [2.75, 3.05) is 39.3 Å². The SMILES string of the molecule is CCN(CC)CC1CCN(C(=O)[C@@H]2CCC[C@@H]2CN)C1. The molecule has 1 saturated heterocycles. The standard InChI is InChI=1S/C16H31N3O/c1-3-18(4-2)11-13-8-9-19(12-13)16(20)15-7-5-6-14(15)10-17/h13-15H,3-12,17H2,1-2H3/t13?,14-,15-/m1/s1. The quantitative estimate of drug-likeness (QED) is 0.803.